The predicted octanol–water partition coefficient (Wildman–Crippen LogP) is 0.175. The highest BCUT2D eigenvalue weighted by Crippen LogP contribution is 2.17. The van der Waals surface area contributed by atoms with E-state index in [1.807, 2.05) is 0 Å². The lowest BCUT2D eigenvalue weighted by atomic mass is 10.6. The number of halogens is 1. The van der Waals surface area contributed by atoms with Crippen LogP contribution in [0.4, 0.5) is 0 Å². The van der Waals surface area contributed by atoms with Gasteiger partial charge in [0.1, 0.15) is 9.34 Å². The molecule has 0 aromatic carbocycles. The molecule has 0 amide bonds. The van der Waals surface area contributed by atoms with Crippen LogP contribution in [0.1, 0.15) is 5.01 Å². The molecule has 0 unspecified atom stereocenters. The number of nitrogens with one attached hydrogen (secondary N) is 1. The maximum Gasteiger partial charge on any atom is 0.210 e. The zero-order chi connectivity index (χ0) is 10.6. The number of primary sulfonamides is 1. The van der Waals surface area contributed by atoms with Gasteiger partial charge in [-0.3, -0.25) is 0 Å². The number of nitrogens with zero attached hydrogens (tertiary/aromatic N) is 1. The zero-order valence-electron chi connectivity index (χ0n) is 7.23. The first-order valence-electron chi connectivity index (χ1n) is 3.79. The van der Waals surface area contributed by atoms with Crippen LogP contribution < -0.4 is 10.5 Å². The third-order valence-corrected chi connectivity index (χ3v) is 3.25. The fourth-order valence-corrected chi connectivity index (χ4v) is 2.13. The van der Waals surface area contributed by atoms with Gasteiger partial charge in [-0.05, 0) is 0 Å². The molecule has 1 aromatic heterocycles. The molecule has 80 valence electrons. The molecule has 0 radical (unpaired) electrons. The second-order valence-corrected chi connectivity index (χ2v) is 6.08. The average molecular weight is 256 g/mol. The van der Waals surface area contributed by atoms with E-state index in [1.165, 1.54) is 11.3 Å². The SMILES string of the molecule is NS(=O)(=O)CCNCc1ncc(Cl)s1. The van der Waals surface area contributed by atoms with Crippen molar-refractivity contribution >= 4 is 33.0 Å². The molecule has 1 heterocycles. The molecule has 8 heteroatoms. The standard InChI is InChI=1S/C6H10ClN3O2S2/c7-5-3-10-6(13-5)4-9-1-2-14(8,11)12/h3,9H,1-2,4H2,(H2,8,11,12). The number of rotatable bonds is 5. The summed E-state index contributed by atoms with van der Waals surface area (Å²) in [6.07, 6.45) is 1.56. The molecule has 0 bridgehead atoms. The summed E-state index contributed by atoms with van der Waals surface area (Å²) in [6.45, 7) is 0.822. The molecule has 1 aromatic rings. The van der Waals surface area contributed by atoms with Gasteiger partial charge in [0.15, 0.2) is 0 Å². The maximum atomic E-state index is 10.6. The lowest BCUT2D eigenvalue weighted by Crippen LogP contribution is -2.26. The van der Waals surface area contributed by atoms with Crippen molar-refractivity contribution in [2.45, 2.75) is 6.54 Å². The number of nitrogens with two attached hydrogens (primary N) is 1. The van der Waals surface area contributed by atoms with Crippen LogP contribution in [0, 0.1) is 0 Å². The summed E-state index contributed by atoms with van der Waals surface area (Å²) in [7, 11) is -3.38. The topological polar surface area (TPSA) is 85.1 Å². The first-order chi connectivity index (χ1) is 6.47. The van der Waals surface area contributed by atoms with Crippen LogP contribution in [0.3, 0.4) is 0 Å². The summed E-state index contributed by atoms with van der Waals surface area (Å²) in [5.74, 6) is -0.0773. The van der Waals surface area contributed by atoms with Gasteiger partial charge in [-0.2, -0.15) is 0 Å². The lowest BCUT2D eigenvalue weighted by Gasteiger charge is -1.99. The number of thiazole rings is 1. The van der Waals surface area contributed by atoms with Crippen molar-refractivity contribution in [2.75, 3.05) is 12.3 Å². The molecule has 0 aliphatic heterocycles. The first-order valence-corrected chi connectivity index (χ1v) is 6.70. The van der Waals surface area contributed by atoms with Gasteiger partial charge in [-0.1, -0.05) is 11.6 Å². The van der Waals surface area contributed by atoms with Gasteiger partial charge in [0.25, 0.3) is 0 Å². The van der Waals surface area contributed by atoms with Crippen LogP contribution in [0.2, 0.25) is 4.34 Å². The van der Waals surface area contributed by atoms with Gasteiger partial charge in [-0.15, -0.1) is 11.3 Å². The third-order valence-electron chi connectivity index (χ3n) is 1.36. The van der Waals surface area contributed by atoms with Gasteiger partial charge in [0, 0.05) is 13.1 Å². The number of sulfonamides is 1. The second-order valence-electron chi connectivity index (χ2n) is 2.60. The van der Waals surface area contributed by atoms with Crippen molar-refractivity contribution in [3.63, 3.8) is 0 Å². The Bertz CT molecular complexity index is 390. The number of hydrogen-bond donors (Lipinski definition) is 2. The third kappa shape index (κ3) is 4.87. The number of hydrogen-bond acceptors (Lipinski definition) is 5. The van der Waals surface area contributed by atoms with Crippen LogP contribution in [0.5, 0.6) is 0 Å². The largest absolute Gasteiger partial charge is 0.309 e. The summed E-state index contributed by atoms with van der Waals surface area (Å²) >= 11 is 7.01. The molecule has 0 aliphatic rings. The zero-order valence-corrected chi connectivity index (χ0v) is 9.62. The summed E-state index contributed by atoms with van der Waals surface area (Å²) < 4.78 is 21.7. The van der Waals surface area contributed by atoms with Crippen molar-refractivity contribution in [1.29, 1.82) is 0 Å². The monoisotopic (exact) mass is 255 g/mol. The molecule has 0 spiro atoms. The fraction of sp³-hybridized carbons (Fsp3) is 0.500. The lowest BCUT2D eigenvalue weighted by molar-refractivity contribution is 0.592. The molecule has 1 rings (SSSR count). The maximum absolute atomic E-state index is 10.6. The molecule has 0 saturated carbocycles. The van der Waals surface area contributed by atoms with Crippen molar-refractivity contribution in [3.05, 3.63) is 15.5 Å². The Balaban J connectivity index is 2.23. The van der Waals surface area contributed by atoms with E-state index in [2.05, 4.69) is 10.3 Å². The highest BCUT2D eigenvalue weighted by molar-refractivity contribution is 7.89. The normalized spacial score (nSPS) is 11.9. The Kier molecular flexibility index (Phi) is 4.27. The van der Waals surface area contributed by atoms with E-state index in [9.17, 15) is 8.42 Å². The number of aromatic nitrogens is 1. The molecule has 5 nitrogen and oxygen atoms in total. The minimum absolute atomic E-state index is 0.0773. The smallest absolute Gasteiger partial charge is 0.210 e. The summed E-state index contributed by atoms with van der Waals surface area (Å²) in [5.41, 5.74) is 0. The van der Waals surface area contributed by atoms with Crippen LogP contribution in [-0.2, 0) is 16.6 Å². The summed E-state index contributed by atoms with van der Waals surface area (Å²) in [6, 6.07) is 0. The quantitative estimate of drug-likeness (QED) is 0.735. The van der Waals surface area contributed by atoms with Gasteiger partial charge < -0.3 is 5.32 Å². The van der Waals surface area contributed by atoms with Gasteiger partial charge in [-0.25, -0.2) is 18.5 Å². The minimum atomic E-state index is -3.38. The Labute approximate surface area is 91.3 Å². The van der Waals surface area contributed by atoms with E-state index >= 15 is 0 Å². The van der Waals surface area contributed by atoms with Crippen molar-refractivity contribution < 1.29 is 8.42 Å². The second kappa shape index (κ2) is 5.04. The van der Waals surface area contributed by atoms with Crippen LogP contribution in [-0.4, -0.2) is 25.7 Å². The van der Waals surface area contributed by atoms with E-state index in [1.54, 1.807) is 6.20 Å². The molecule has 0 fully saturated rings. The van der Waals surface area contributed by atoms with Crippen LogP contribution in [0.25, 0.3) is 0 Å². The van der Waals surface area contributed by atoms with E-state index < -0.39 is 10.0 Å². The van der Waals surface area contributed by atoms with Gasteiger partial charge >= 0.3 is 0 Å². The van der Waals surface area contributed by atoms with Crippen LogP contribution >= 0.6 is 22.9 Å². The van der Waals surface area contributed by atoms with E-state index in [0.717, 1.165) is 5.01 Å². The molecule has 14 heavy (non-hydrogen) atoms. The fourth-order valence-electron chi connectivity index (χ4n) is 0.779. The van der Waals surface area contributed by atoms with Crippen LogP contribution in [0.15, 0.2) is 6.20 Å². The van der Waals surface area contributed by atoms with E-state index in [0.29, 0.717) is 17.4 Å². The van der Waals surface area contributed by atoms with Gasteiger partial charge in [0.05, 0.1) is 11.9 Å². The summed E-state index contributed by atoms with van der Waals surface area (Å²) in [5, 5.41) is 8.54. The molecular formula is C6H10ClN3O2S2. The van der Waals surface area contributed by atoms with Crippen molar-refractivity contribution in [3.8, 4) is 0 Å². The average Bonchev–Trinajstić information content (AvgIpc) is 2.44. The Morgan fingerprint density at radius 2 is 2.36 bits per heavy atom. The minimum Gasteiger partial charge on any atom is -0.309 e. The van der Waals surface area contributed by atoms with Gasteiger partial charge in [0.2, 0.25) is 10.0 Å². The van der Waals surface area contributed by atoms with Crippen molar-refractivity contribution in [1.82, 2.24) is 10.3 Å². The molecular weight excluding hydrogens is 246 g/mol. The summed E-state index contributed by atoms with van der Waals surface area (Å²) in [4.78, 5) is 3.99. The van der Waals surface area contributed by atoms with E-state index in [4.69, 9.17) is 16.7 Å². The molecule has 0 aliphatic carbocycles. The Morgan fingerprint density at radius 3 is 2.86 bits per heavy atom. The molecule has 0 saturated heterocycles. The molecule has 3 N–H and O–H groups in total. The Morgan fingerprint density at radius 1 is 1.64 bits per heavy atom. The highest BCUT2D eigenvalue weighted by atomic mass is 35.5. The van der Waals surface area contributed by atoms with E-state index in [-0.39, 0.29) is 5.75 Å². The first kappa shape index (κ1) is 11.9. The van der Waals surface area contributed by atoms with Crippen molar-refractivity contribution in [2.24, 2.45) is 5.14 Å². The molecule has 0 atom stereocenters. The predicted molar refractivity (Wildman–Crippen MR) is 56.8 cm³/mol. The Hall–Kier alpha value is -0.210. The highest BCUT2D eigenvalue weighted by Gasteiger charge is 2.02.